The first-order valence-electron chi connectivity index (χ1n) is 3.56. The van der Waals surface area contributed by atoms with Gasteiger partial charge in [-0.25, -0.2) is 4.79 Å². The molecule has 4 nitrogen and oxygen atoms in total. The number of aryl methyl sites for hydroxylation is 1. The predicted octanol–water partition coefficient (Wildman–Crippen LogP) is 0.824. The van der Waals surface area contributed by atoms with Gasteiger partial charge in [0.15, 0.2) is 0 Å². The van der Waals surface area contributed by atoms with Crippen molar-refractivity contribution < 1.29 is 9.90 Å². The van der Waals surface area contributed by atoms with E-state index in [1.165, 1.54) is 0 Å². The van der Waals surface area contributed by atoms with Crippen molar-refractivity contribution in [2.24, 2.45) is 7.05 Å². The summed E-state index contributed by atoms with van der Waals surface area (Å²) < 4.78 is 1.87. The van der Waals surface area contributed by atoms with Crippen molar-refractivity contribution in [3.63, 3.8) is 0 Å². The zero-order chi connectivity index (χ0) is 8.72. The van der Waals surface area contributed by atoms with Crippen LogP contribution in [0.15, 0.2) is 18.3 Å². The molecule has 5 heteroatoms. The van der Waals surface area contributed by atoms with E-state index in [4.69, 9.17) is 5.11 Å². The molecule has 0 saturated heterocycles. The topological polar surface area (TPSA) is 58.0 Å². The molecule has 2 heterocycles. The number of aromatic nitrogens is 2. The van der Waals surface area contributed by atoms with Gasteiger partial charge in [0.25, 0.3) is 0 Å². The summed E-state index contributed by atoms with van der Waals surface area (Å²) in [6.07, 6.45) is 1.88. The average Bonchev–Trinajstić information content (AvgIpc) is 2.53. The predicted molar refractivity (Wildman–Crippen MR) is 50.0 cm³/mol. The molecule has 0 saturated carbocycles. The summed E-state index contributed by atoms with van der Waals surface area (Å²) in [4.78, 5) is 13.3. The van der Waals surface area contributed by atoms with Crippen LogP contribution >= 0.6 is 0 Å². The van der Waals surface area contributed by atoms with Gasteiger partial charge in [-0.2, -0.15) is 0 Å². The average molecular weight is 203 g/mol. The summed E-state index contributed by atoms with van der Waals surface area (Å²) in [7, 11) is 1.88. The smallest absolute Gasteiger partial charge is 0.352 e. The summed E-state index contributed by atoms with van der Waals surface area (Å²) >= 11 is 0. The molecular formula is C8H8KN2O2. The van der Waals surface area contributed by atoms with E-state index in [-0.39, 0.29) is 57.1 Å². The van der Waals surface area contributed by atoms with Gasteiger partial charge in [0.2, 0.25) is 0 Å². The molecule has 0 aliphatic carbocycles. The largest absolute Gasteiger partial charge is 0.477 e. The van der Waals surface area contributed by atoms with Crippen LogP contribution in [0.3, 0.4) is 0 Å². The monoisotopic (exact) mass is 203 g/mol. The van der Waals surface area contributed by atoms with Crippen molar-refractivity contribution in [3.05, 3.63) is 24.0 Å². The van der Waals surface area contributed by atoms with E-state index < -0.39 is 5.97 Å². The molecule has 1 radical (unpaired) electrons. The number of hydrogen-bond donors (Lipinski definition) is 2. The Bertz CT molecular complexity index is 444. The maximum Gasteiger partial charge on any atom is 0.352 e. The summed E-state index contributed by atoms with van der Waals surface area (Å²) in [5, 5.41) is 8.65. The van der Waals surface area contributed by atoms with E-state index in [9.17, 15) is 4.79 Å². The van der Waals surface area contributed by atoms with Crippen LogP contribution in [-0.4, -0.2) is 72.0 Å². The molecule has 0 aliphatic rings. The van der Waals surface area contributed by atoms with Gasteiger partial charge in [-0.05, 0) is 12.1 Å². The third-order valence-corrected chi connectivity index (χ3v) is 1.90. The fourth-order valence-electron chi connectivity index (χ4n) is 1.26. The molecule has 63 valence electrons. The number of H-pyrrole nitrogens is 1. The van der Waals surface area contributed by atoms with Gasteiger partial charge >= 0.3 is 5.97 Å². The van der Waals surface area contributed by atoms with Crippen LogP contribution in [0.4, 0.5) is 0 Å². The van der Waals surface area contributed by atoms with Gasteiger partial charge in [0.1, 0.15) is 5.69 Å². The standard InChI is InChI=1S/C8H8N2O2.K/c1-10-3-2-5-7(10)4-6(9-5)8(11)12;/h2-4,9H,1H3,(H,11,12);. The molecule has 0 fully saturated rings. The number of aromatic amines is 1. The van der Waals surface area contributed by atoms with Gasteiger partial charge in [-0.15, -0.1) is 0 Å². The SMILES string of the molecule is Cn1ccc2[nH]c(C(=O)O)cc21.[K]. The molecule has 0 bridgehead atoms. The van der Waals surface area contributed by atoms with Crippen molar-refractivity contribution in [3.8, 4) is 0 Å². The van der Waals surface area contributed by atoms with E-state index in [1.807, 2.05) is 23.9 Å². The van der Waals surface area contributed by atoms with Gasteiger partial charge in [-0.1, -0.05) is 0 Å². The number of hydrogen-bond acceptors (Lipinski definition) is 1. The molecule has 0 atom stereocenters. The number of fused-ring (bicyclic) bond motifs is 1. The Morgan fingerprint density at radius 2 is 2.31 bits per heavy atom. The maximum absolute atomic E-state index is 10.5. The Hall–Kier alpha value is -0.0736. The summed E-state index contributed by atoms with van der Waals surface area (Å²) in [5.74, 6) is -0.925. The van der Waals surface area contributed by atoms with Crippen LogP contribution in [0.1, 0.15) is 10.5 Å². The third kappa shape index (κ3) is 1.89. The van der Waals surface area contributed by atoms with E-state index in [0.717, 1.165) is 11.0 Å². The van der Waals surface area contributed by atoms with Crippen LogP contribution in [0, 0.1) is 0 Å². The van der Waals surface area contributed by atoms with E-state index in [2.05, 4.69) is 4.98 Å². The second-order valence-electron chi connectivity index (χ2n) is 2.71. The van der Waals surface area contributed by atoms with E-state index >= 15 is 0 Å². The molecule has 2 rings (SSSR count). The summed E-state index contributed by atoms with van der Waals surface area (Å²) in [6, 6.07) is 3.47. The molecule has 2 N–H and O–H groups in total. The summed E-state index contributed by atoms with van der Waals surface area (Å²) in [6.45, 7) is 0. The van der Waals surface area contributed by atoms with Crippen molar-refractivity contribution in [1.82, 2.24) is 9.55 Å². The number of aromatic carboxylic acids is 1. The van der Waals surface area contributed by atoms with Crippen LogP contribution in [0.25, 0.3) is 11.0 Å². The van der Waals surface area contributed by atoms with Crippen LogP contribution in [0.5, 0.6) is 0 Å². The number of nitrogens with zero attached hydrogens (tertiary/aromatic N) is 1. The Labute approximate surface area is 117 Å². The van der Waals surface area contributed by atoms with Crippen molar-refractivity contribution >= 4 is 68.4 Å². The quantitative estimate of drug-likeness (QED) is 0.674. The Morgan fingerprint density at radius 1 is 1.62 bits per heavy atom. The molecule has 2 aromatic heterocycles. The molecule has 0 aromatic carbocycles. The van der Waals surface area contributed by atoms with Gasteiger partial charge < -0.3 is 14.7 Å². The van der Waals surface area contributed by atoms with Crippen molar-refractivity contribution in [2.45, 2.75) is 0 Å². The normalized spacial score (nSPS) is 9.92. The first kappa shape index (κ1) is 11.0. The minimum absolute atomic E-state index is 0. The number of carbonyl (C=O) groups is 1. The minimum atomic E-state index is -0.925. The third-order valence-electron chi connectivity index (χ3n) is 1.90. The zero-order valence-corrected chi connectivity index (χ0v) is 10.7. The Kier molecular flexibility index (Phi) is 3.36. The summed E-state index contributed by atoms with van der Waals surface area (Å²) in [5.41, 5.74) is 2.00. The maximum atomic E-state index is 10.5. The molecule has 0 aliphatic heterocycles. The fourth-order valence-corrected chi connectivity index (χ4v) is 1.26. The van der Waals surface area contributed by atoms with E-state index in [0.29, 0.717) is 0 Å². The number of carboxylic acid groups (broad SMARTS) is 1. The first-order chi connectivity index (χ1) is 5.68. The van der Waals surface area contributed by atoms with Crippen molar-refractivity contribution in [1.29, 1.82) is 0 Å². The Morgan fingerprint density at radius 3 is 2.85 bits per heavy atom. The van der Waals surface area contributed by atoms with Crippen LogP contribution in [0.2, 0.25) is 0 Å². The van der Waals surface area contributed by atoms with Gasteiger partial charge in [0.05, 0.1) is 11.0 Å². The Balaban J connectivity index is 0.000000845. The molecule has 13 heavy (non-hydrogen) atoms. The second kappa shape index (κ2) is 3.97. The zero-order valence-electron chi connectivity index (χ0n) is 7.53. The molecular weight excluding hydrogens is 195 g/mol. The van der Waals surface area contributed by atoms with Crippen LogP contribution in [-0.2, 0) is 7.05 Å². The minimum Gasteiger partial charge on any atom is -0.477 e. The molecule has 2 aromatic rings. The first-order valence-corrected chi connectivity index (χ1v) is 3.56. The molecule has 0 amide bonds. The number of carboxylic acids is 1. The van der Waals surface area contributed by atoms with Crippen molar-refractivity contribution in [2.75, 3.05) is 0 Å². The number of rotatable bonds is 1. The van der Waals surface area contributed by atoms with Gasteiger partial charge in [0, 0.05) is 64.6 Å². The van der Waals surface area contributed by atoms with Crippen LogP contribution < -0.4 is 0 Å². The fraction of sp³-hybridized carbons (Fsp3) is 0.125. The second-order valence-corrected chi connectivity index (χ2v) is 2.71. The van der Waals surface area contributed by atoms with Gasteiger partial charge in [-0.3, -0.25) is 0 Å². The number of nitrogens with one attached hydrogen (secondary N) is 1. The van der Waals surface area contributed by atoms with E-state index in [1.54, 1.807) is 6.07 Å². The molecule has 0 unspecified atom stereocenters. The molecule has 0 spiro atoms.